The quantitative estimate of drug-likeness (QED) is 0.159. The molecule has 0 amide bonds. The highest BCUT2D eigenvalue weighted by molar-refractivity contribution is 7.25. The van der Waals surface area contributed by atoms with Crippen LogP contribution in [0.5, 0.6) is 0 Å². The van der Waals surface area contributed by atoms with E-state index < -0.39 is 0 Å². The molecule has 0 atom stereocenters. The predicted molar refractivity (Wildman–Crippen MR) is 284 cm³/mol. The summed E-state index contributed by atoms with van der Waals surface area (Å²) in [4.78, 5) is 26.3. The Bertz CT molecular complexity index is 4250. The summed E-state index contributed by atoms with van der Waals surface area (Å²) in [7, 11) is 0. The van der Waals surface area contributed by atoms with Gasteiger partial charge in [0.1, 0.15) is 0 Å². The molecule has 9 aromatic carbocycles. The highest BCUT2D eigenvalue weighted by Crippen LogP contribution is 2.43. The van der Waals surface area contributed by atoms with Crippen LogP contribution in [0, 0.1) is 0 Å². The molecular formula is C61H37N7S. The predicted octanol–water partition coefficient (Wildman–Crippen LogP) is 15.6. The van der Waals surface area contributed by atoms with Crippen molar-refractivity contribution in [1.82, 2.24) is 34.1 Å². The van der Waals surface area contributed by atoms with Gasteiger partial charge in [0.25, 0.3) is 0 Å². The van der Waals surface area contributed by atoms with Gasteiger partial charge in [0.2, 0.25) is 5.95 Å². The molecule has 5 aromatic heterocycles. The largest absolute Gasteiger partial charge is 0.307 e. The van der Waals surface area contributed by atoms with Crippen molar-refractivity contribution < 1.29 is 0 Å². The van der Waals surface area contributed by atoms with Gasteiger partial charge in [-0.3, -0.25) is 4.57 Å². The Morgan fingerprint density at radius 3 is 1.45 bits per heavy atom. The van der Waals surface area contributed by atoms with Crippen LogP contribution in [0.15, 0.2) is 224 Å². The molecule has 0 aliphatic rings. The highest BCUT2D eigenvalue weighted by atomic mass is 32.1. The van der Waals surface area contributed by atoms with Crippen molar-refractivity contribution in [1.29, 1.82) is 0 Å². The molecule has 322 valence electrons. The lowest BCUT2D eigenvalue weighted by Gasteiger charge is -2.14. The summed E-state index contributed by atoms with van der Waals surface area (Å²) in [5, 5.41) is 7.11. The van der Waals surface area contributed by atoms with E-state index in [0.717, 1.165) is 83.1 Å². The molecule has 0 radical (unpaired) electrons. The lowest BCUT2D eigenvalue weighted by molar-refractivity contribution is 0.953. The van der Waals surface area contributed by atoms with Crippen LogP contribution in [0.1, 0.15) is 0 Å². The Labute approximate surface area is 399 Å². The fourth-order valence-corrected chi connectivity index (χ4v) is 11.2. The lowest BCUT2D eigenvalue weighted by atomic mass is 10.0. The number of fused-ring (bicyclic) bond motifs is 10. The molecule has 14 aromatic rings. The molecule has 69 heavy (non-hydrogen) atoms. The average molecular weight is 900 g/mol. The standard InChI is InChI=1S/C61H37N7S/c1-4-17-38(18-5-1)50-37-51(63-58(62-50)39-19-6-2-7-20-39)41-23-16-24-42(35-41)60-64-59(40-21-8-3-9-22-40)65-61(66-60)68-53-29-14-11-26-45(53)49-34-33-48-44-25-10-13-28-52(44)67(56(48)57(49)68)43-31-32-47-46-27-12-15-30-54(46)69-55(47)36-43/h1-37H. The molecule has 8 heteroatoms. The van der Waals surface area contributed by atoms with Gasteiger partial charge in [-0.05, 0) is 42.5 Å². The zero-order valence-corrected chi connectivity index (χ0v) is 37.7. The average Bonchev–Trinajstić information content (AvgIpc) is 4.09. The first kappa shape index (κ1) is 39.1. The third-order valence-corrected chi connectivity index (χ3v) is 14.3. The summed E-state index contributed by atoms with van der Waals surface area (Å²) in [6, 6.07) is 78.4. The minimum Gasteiger partial charge on any atom is -0.307 e. The summed E-state index contributed by atoms with van der Waals surface area (Å²) >= 11 is 1.84. The SMILES string of the molecule is c1ccc(-c2cc(-c3cccc(-c4nc(-c5ccccc5)nc(-n5c6ccccc6c6ccc7c8ccccc8n(-c8ccc9c(c8)sc8ccccc89)c7c65)n4)c3)nc(-c3ccccc3)n2)cc1. The number of thiophene rings is 1. The van der Waals surface area contributed by atoms with Gasteiger partial charge in [-0.15, -0.1) is 11.3 Å². The first-order chi connectivity index (χ1) is 34.2. The molecule has 7 nitrogen and oxygen atoms in total. The Kier molecular flexibility index (Phi) is 8.93. The van der Waals surface area contributed by atoms with E-state index in [-0.39, 0.29) is 0 Å². The minimum absolute atomic E-state index is 0.527. The number of hydrogen-bond acceptors (Lipinski definition) is 6. The van der Waals surface area contributed by atoms with Gasteiger partial charge in [-0.2, -0.15) is 9.97 Å². The molecule has 0 saturated heterocycles. The van der Waals surface area contributed by atoms with Crippen LogP contribution in [0.25, 0.3) is 132 Å². The van der Waals surface area contributed by atoms with Crippen molar-refractivity contribution in [3.63, 3.8) is 0 Å². The van der Waals surface area contributed by atoms with Crippen LogP contribution in [0.3, 0.4) is 0 Å². The number of aromatic nitrogens is 7. The van der Waals surface area contributed by atoms with Crippen LogP contribution in [0.2, 0.25) is 0 Å². The second-order valence-corrected chi connectivity index (χ2v) is 18.3. The van der Waals surface area contributed by atoms with Crippen molar-refractivity contribution in [2.24, 2.45) is 0 Å². The molecule has 0 N–H and O–H groups in total. The Hall–Kier alpha value is -9.11. The van der Waals surface area contributed by atoms with E-state index in [1.54, 1.807) is 0 Å². The van der Waals surface area contributed by atoms with Gasteiger partial charge in [0, 0.05) is 75.2 Å². The van der Waals surface area contributed by atoms with Gasteiger partial charge in [-0.25, -0.2) is 15.0 Å². The smallest absolute Gasteiger partial charge is 0.238 e. The van der Waals surface area contributed by atoms with Crippen LogP contribution in [0.4, 0.5) is 0 Å². The second kappa shape index (κ2) is 15.8. The number of benzene rings is 9. The lowest BCUT2D eigenvalue weighted by Crippen LogP contribution is -2.07. The van der Waals surface area contributed by atoms with Gasteiger partial charge in [-0.1, -0.05) is 182 Å². The van der Waals surface area contributed by atoms with Crippen molar-refractivity contribution in [3.8, 4) is 68.3 Å². The second-order valence-electron chi connectivity index (χ2n) is 17.3. The molecule has 0 bridgehead atoms. The monoisotopic (exact) mass is 899 g/mol. The van der Waals surface area contributed by atoms with Crippen molar-refractivity contribution in [3.05, 3.63) is 224 Å². The van der Waals surface area contributed by atoms with Crippen molar-refractivity contribution in [2.45, 2.75) is 0 Å². The van der Waals surface area contributed by atoms with E-state index in [1.165, 1.54) is 25.6 Å². The Morgan fingerprint density at radius 2 is 0.768 bits per heavy atom. The van der Waals surface area contributed by atoms with E-state index in [4.69, 9.17) is 24.9 Å². The molecule has 0 fully saturated rings. The van der Waals surface area contributed by atoms with Crippen LogP contribution >= 0.6 is 11.3 Å². The topological polar surface area (TPSA) is 74.3 Å². The summed E-state index contributed by atoms with van der Waals surface area (Å²) in [5.74, 6) is 2.31. The number of para-hydroxylation sites is 2. The zero-order chi connectivity index (χ0) is 45.4. The van der Waals surface area contributed by atoms with E-state index in [2.05, 4.69) is 167 Å². The van der Waals surface area contributed by atoms with Crippen LogP contribution < -0.4 is 0 Å². The normalized spacial score (nSPS) is 11.8. The number of rotatable bonds is 7. The molecule has 0 spiro atoms. The van der Waals surface area contributed by atoms with E-state index in [0.29, 0.717) is 23.4 Å². The first-order valence-corrected chi connectivity index (χ1v) is 23.8. The summed E-state index contributed by atoms with van der Waals surface area (Å²) in [6.45, 7) is 0. The van der Waals surface area contributed by atoms with E-state index in [1.807, 2.05) is 78.1 Å². The maximum Gasteiger partial charge on any atom is 0.238 e. The van der Waals surface area contributed by atoms with Crippen LogP contribution in [-0.4, -0.2) is 34.1 Å². The van der Waals surface area contributed by atoms with Gasteiger partial charge in [0.15, 0.2) is 17.5 Å². The fraction of sp³-hybridized carbons (Fsp3) is 0. The zero-order valence-electron chi connectivity index (χ0n) is 36.9. The van der Waals surface area contributed by atoms with Crippen molar-refractivity contribution in [2.75, 3.05) is 0 Å². The molecule has 0 aliphatic carbocycles. The highest BCUT2D eigenvalue weighted by Gasteiger charge is 2.24. The molecule has 0 aliphatic heterocycles. The van der Waals surface area contributed by atoms with E-state index in [9.17, 15) is 0 Å². The summed E-state index contributed by atoms with van der Waals surface area (Å²) < 4.78 is 7.22. The van der Waals surface area contributed by atoms with Gasteiger partial charge < -0.3 is 4.57 Å². The summed E-state index contributed by atoms with van der Waals surface area (Å²) in [5.41, 5.74) is 11.6. The number of nitrogens with zero attached hydrogens (tertiary/aromatic N) is 7. The third-order valence-electron chi connectivity index (χ3n) is 13.2. The molecule has 0 unspecified atom stereocenters. The molecule has 14 rings (SSSR count). The van der Waals surface area contributed by atoms with E-state index >= 15 is 0 Å². The maximum atomic E-state index is 5.47. The first-order valence-electron chi connectivity index (χ1n) is 23.0. The summed E-state index contributed by atoms with van der Waals surface area (Å²) in [6.07, 6.45) is 0. The number of hydrogen-bond donors (Lipinski definition) is 0. The van der Waals surface area contributed by atoms with Crippen LogP contribution in [-0.2, 0) is 0 Å². The fourth-order valence-electron chi connectivity index (χ4n) is 10.0. The molecule has 0 saturated carbocycles. The Morgan fingerprint density at radius 1 is 0.290 bits per heavy atom. The van der Waals surface area contributed by atoms with Gasteiger partial charge in [0.05, 0.1) is 33.5 Å². The van der Waals surface area contributed by atoms with Crippen molar-refractivity contribution >= 4 is 75.1 Å². The molecular weight excluding hydrogens is 863 g/mol. The molecule has 5 heterocycles. The van der Waals surface area contributed by atoms with Gasteiger partial charge >= 0.3 is 0 Å². The third kappa shape index (κ3) is 6.45. The minimum atomic E-state index is 0.527. The Balaban J connectivity index is 1.02. The maximum absolute atomic E-state index is 5.47.